The summed E-state index contributed by atoms with van der Waals surface area (Å²) in [7, 11) is -3.52. The first kappa shape index (κ1) is 21.5. The van der Waals surface area contributed by atoms with E-state index in [0.717, 1.165) is 31.4 Å². The zero-order chi connectivity index (χ0) is 21.8. The van der Waals surface area contributed by atoms with Gasteiger partial charge < -0.3 is 10.2 Å². The van der Waals surface area contributed by atoms with Crippen LogP contribution in [-0.4, -0.2) is 44.2 Å². The summed E-state index contributed by atoms with van der Waals surface area (Å²) in [4.78, 5) is 26.9. The number of hydrogen-bond acceptors (Lipinski definition) is 4. The van der Waals surface area contributed by atoms with Gasteiger partial charge in [0.05, 0.1) is 10.8 Å². The fourth-order valence-electron chi connectivity index (χ4n) is 4.13. The minimum Gasteiger partial charge on any atom is -0.326 e. The van der Waals surface area contributed by atoms with Crippen LogP contribution < -0.4 is 10.2 Å². The first-order valence-electron chi connectivity index (χ1n) is 10.7. The van der Waals surface area contributed by atoms with Gasteiger partial charge in [0.2, 0.25) is 21.8 Å². The van der Waals surface area contributed by atoms with Crippen LogP contribution in [0.3, 0.4) is 0 Å². The van der Waals surface area contributed by atoms with Gasteiger partial charge in [-0.1, -0.05) is 31.0 Å². The van der Waals surface area contributed by atoms with Crippen LogP contribution in [0.4, 0.5) is 11.4 Å². The maximum atomic E-state index is 12.9. The quantitative estimate of drug-likeness (QED) is 0.772. The van der Waals surface area contributed by atoms with Gasteiger partial charge >= 0.3 is 0 Å². The third-order valence-electron chi connectivity index (χ3n) is 5.89. The van der Waals surface area contributed by atoms with Crippen molar-refractivity contribution in [3.63, 3.8) is 0 Å². The Morgan fingerprint density at radius 1 is 0.903 bits per heavy atom. The maximum Gasteiger partial charge on any atom is 0.243 e. The molecule has 1 atom stereocenters. The van der Waals surface area contributed by atoms with E-state index < -0.39 is 15.9 Å². The van der Waals surface area contributed by atoms with Gasteiger partial charge in [-0.05, 0) is 49.2 Å². The van der Waals surface area contributed by atoms with Crippen molar-refractivity contribution in [3.8, 4) is 0 Å². The number of rotatable bonds is 5. The highest BCUT2D eigenvalue weighted by Gasteiger charge is 2.35. The average Bonchev–Trinajstić information content (AvgIpc) is 2.98. The van der Waals surface area contributed by atoms with Gasteiger partial charge in [-0.15, -0.1) is 0 Å². The van der Waals surface area contributed by atoms with Crippen molar-refractivity contribution < 1.29 is 18.0 Å². The molecule has 8 heteroatoms. The molecular weight excluding hydrogens is 414 g/mol. The number of anilines is 2. The molecule has 0 aromatic heterocycles. The predicted octanol–water partition coefficient (Wildman–Crippen LogP) is 3.24. The van der Waals surface area contributed by atoms with Crippen LogP contribution in [0.2, 0.25) is 0 Å². The molecule has 0 aliphatic carbocycles. The van der Waals surface area contributed by atoms with Gasteiger partial charge in [0.25, 0.3) is 0 Å². The monoisotopic (exact) mass is 441 g/mol. The van der Waals surface area contributed by atoms with Crippen LogP contribution in [0.1, 0.15) is 32.1 Å². The first-order chi connectivity index (χ1) is 14.9. The number of hydrogen-bond donors (Lipinski definition) is 1. The van der Waals surface area contributed by atoms with Crippen LogP contribution in [0.15, 0.2) is 59.5 Å². The summed E-state index contributed by atoms with van der Waals surface area (Å²) in [5, 5.41) is 2.82. The summed E-state index contributed by atoms with van der Waals surface area (Å²) >= 11 is 0. The van der Waals surface area contributed by atoms with Crippen molar-refractivity contribution in [2.75, 3.05) is 29.9 Å². The van der Waals surface area contributed by atoms with Crippen LogP contribution >= 0.6 is 0 Å². The molecule has 2 fully saturated rings. The summed E-state index contributed by atoms with van der Waals surface area (Å²) in [6.45, 7) is 1.43. The van der Waals surface area contributed by atoms with Crippen molar-refractivity contribution in [1.29, 1.82) is 0 Å². The second-order valence-electron chi connectivity index (χ2n) is 8.07. The number of carbonyl (C=O) groups excluding carboxylic acids is 2. The largest absolute Gasteiger partial charge is 0.326 e. The number of nitrogens with one attached hydrogen (secondary N) is 1. The number of nitrogens with zero attached hydrogens (tertiary/aromatic N) is 2. The van der Waals surface area contributed by atoms with Gasteiger partial charge in [0, 0.05) is 37.4 Å². The first-order valence-corrected chi connectivity index (χ1v) is 12.2. The van der Waals surface area contributed by atoms with Gasteiger partial charge in [-0.25, -0.2) is 8.42 Å². The molecule has 0 spiro atoms. The maximum absolute atomic E-state index is 12.9. The van der Waals surface area contributed by atoms with E-state index in [-0.39, 0.29) is 23.1 Å². The summed E-state index contributed by atoms with van der Waals surface area (Å²) in [6, 6.07) is 15.6. The lowest BCUT2D eigenvalue weighted by molar-refractivity contribution is -0.122. The highest BCUT2D eigenvalue weighted by Crippen LogP contribution is 2.26. The smallest absolute Gasteiger partial charge is 0.243 e. The molecule has 2 heterocycles. The number of benzene rings is 2. The van der Waals surface area contributed by atoms with Crippen molar-refractivity contribution in [3.05, 3.63) is 54.6 Å². The summed E-state index contributed by atoms with van der Waals surface area (Å²) in [5.74, 6) is -0.770. The zero-order valence-electron chi connectivity index (χ0n) is 17.4. The molecule has 2 aromatic carbocycles. The van der Waals surface area contributed by atoms with E-state index in [2.05, 4.69) is 5.32 Å². The molecule has 2 aliphatic heterocycles. The second kappa shape index (κ2) is 9.20. The van der Waals surface area contributed by atoms with Crippen molar-refractivity contribution in [2.24, 2.45) is 5.92 Å². The molecule has 4 rings (SSSR count). The van der Waals surface area contributed by atoms with Crippen LogP contribution in [0.25, 0.3) is 0 Å². The Bertz CT molecular complexity index is 1030. The number of sulfonamides is 1. The molecule has 2 amide bonds. The molecule has 2 aliphatic rings. The van der Waals surface area contributed by atoms with E-state index in [4.69, 9.17) is 0 Å². The summed E-state index contributed by atoms with van der Waals surface area (Å²) in [5.41, 5.74) is 1.30. The fourth-order valence-corrected chi connectivity index (χ4v) is 5.64. The highest BCUT2D eigenvalue weighted by atomic mass is 32.2. The topological polar surface area (TPSA) is 86.8 Å². The molecule has 0 radical (unpaired) electrons. The SMILES string of the molecule is O=C(Nc1ccc(S(=O)(=O)N2CCCCCC2)cc1)[C@@H]1CC(=O)N(c2ccccc2)C1. The van der Waals surface area contributed by atoms with E-state index in [1.807, 2.05) is 30.3 Å². The van der Waals surface area contributed by atoms with E-state index in [0.29, 0.717) is 25.3 Å². The Labute approximate surface area is 183 Å². The van der Waals surface area contributed by atoms with E-state index >= 15 is 0 Å². The summed E-state index contributed by atoms with van der Waals surface area (Å²) in [6.07, 6.45) is 4.04. The van der Waals surface area contributed by atoms with Crippen molar-refractivity contribution in [2.45, 2.75) is 37.0 Å². The van der Waals surface area contributed by atoms with Gasteiger partial charge in [0.1, 0.15) is 0 Å². The van der Waals surface area contributed by atoms with Gasteiger partial charge in [0.15, 0.2) is 0 Å². The molecule has 164 valence electrons. The normalized spacial score (nSPS) is 20.5. The number of para-hydroxylation sites is 1. The van der Waals surface area contributed by atoms with Crippen LogP contribution in [0.5, 0.6) is 0 Å². The van der Waals surface area contributed by atoms with Gasteiger partial charge in [-0.3, -0.25) is 9.59 Å². The predicted molar refractivity (Wildman–Crippen MR) is 119 cm³/mol. The Kier molecular flexibility index (Phi) is 6.38. The Morgan fingerprint density at radius 3 is 2.19 bits per heavy atom. The van der Waals surface area contributed by atoms with Gasteiger partial charge in [-0.2, -0.15) is 4.31 Å². The number of amides is 2. The Balaban J connectivity index is 1.40. The standard InChI is InChI=1S/C23H27N3O4S/c27-22-16-18(17-26(22)20-8-4-3-5-9-20)23(28)24-19-10-12-21(13-11-19)31(29,30)25-14-6-1-2-7-15-25/h3-5,8-13,18H,1-2,6-7,14-17H2,(H,24,28)/t18-/m1/s1. The second-order valence-corrected chi connectivity index (χ2v) is 10.0. The van der Waals surface area contributed by atoms with Crippen LogP contribution in [-0.2, 0) is 19.6 Å². The molecule has 0 unspecified atom stereocenters. The number of carbonyl (C=O) groups is 2. The molecular formula is C23H27N3O4S. The third-order valence-corrected chi connectivity index (χ3v) is 7.80. The lowest BCUT2D eigenvalue weighted by Gasteiger charge is -2.20. The third kappa shape index (κ3) is 4.80. The fraction of sp³-hybridized carbons (Fsp3) is 0.391. The molecule has 7 nitrogen and oxygen atoms in total. The molecule has 2 saturated heterocycles. The average molecular weight is 442 g/mol. The zero-order valence-corrected chi connectivity index (χ0v) is 18.2. The van der Waals surface area contributed by atoms with E-state index in [9.17, 15) is 18.0 Å². The molecule has 1 N–H and O–H groups in total. The van der Waals surface area contributed by atoms with E-state index in [1.54, 1.807) is 21.3 Å². The Morgan fingerprint density at radius 2 is 1.55 bits per heavy atom. The minimum absolute atomic E-state index is 0.0785. The minimum atomic E-state index is -3.52. The van der Waals surface area contributed by atoms with Crippen molar-refractivity contribution >= 4 is 33.2 Å². The lowest BCUT2D eigenvalue weighted by atomic mass is 10.1. The molecule has 31 heavy (non-hydrogen) atoms. The summed E-state index contributed by atoms with van der Waals surface area (Å²) < 4.78 is 27.3. The molecule has 0 bridgehead atoms. The van der Waals surface area contributed by atoms with Crippen LogP contribution in [0, 0.1) is 5.92 Å². The van der Waals surface area contributed by atoms with Crippen molar-refractivity contribution in [1.82, 2.24) is 4.31 Å². The Hall–Kier alpha value is -2.71. The molecule has 2 aromatic rings. The molecule has 0 saturated carbocycles. The highest BCUT2D eigenvalue weighted by molar-refractivity contribution is 7.89. The van der Waals surface area contributed by atoms with E-state index in [1.165, 1.54) is 12.1 Å². The lowest BCUT2D eigenvalue weighted by Crippen LogP contribution is -2.32.